The molecule has 9 heteroatoms. The van der Waals surface area contributed by atoms with Gasteiger partial charge in [-0.3, -0.25) is 13.9 Å². The number of nitrogens with one attached hydrogen (secondary N) is 1. The van der Waals surface area contributed by atoms with Crippen LogP contribution in [0.3, 0.4) is 0 Å². The Balaban J connectivity index is 2.06. The van der Waals surface area contributed by atoms with Crippen molar-refractivity contribution in [2.45, 2.75) is 71.5 Å². The van der Waals surface area contributed by atoms with E-state index >= 15 is 0 Å². The molecular formula is C31H38BrN3O4S. The maximum atomic E-state index is 14.1. The van der Waals surface area contributed by atoms with E-state index in [0.717, 1.165) is 37.5 Å². The SMILES string of the molecule is CC[C@@H](C)NC(=O)[C@@H](C)N(Cc1ccc(Br)cc1)C(=O)CN(c1cc(C)ccc1C)S(=O)(=O)c1ccc(C)cc1. The minimum Gasteiger partial charge on any atom is -0.352 e. The van der Waals surface area contributed by atoms with Crippen molar-refractivity contribution in [3.63, 3.8) is 0 Å². The molecule has 7 nitrogen and oxygen atoms in total. The summed E-state index contributed by atoms with van der Waals surface area (Å²) in [4.78, 5) is 28.8. The molecule has 3 aromatic rings. The summed E-state index contributed by atoms with van der Waals surface area (Å²) in [5, 5.41) is 2.95. The first-order valence-corrected chi connectivity index (χ1v) is 15.6. The fourth-order valence-electron chi connectivity index (χ4n) is 4.17. The third-order valence-corrected chi connectivity index (χ3v) is 9.26. The monoisotopic (exact) mass is 627 g/mol. The van der Waals surface area contributed by atoms with Crippen LogP contribution in [0.2, 0.25) is 0 Å². The molecule has 0 aliphatic rings. The van der Waals surface area contributed by atoms with Gasteiger partial charge in [0.05, 0.1) is 10.6 Å². The van der Waals surface area contributed by atoms with E-state index in [9.17, 15) is 18.0 Å². The van der Waals surface area contributed by atoms with Crippen LogP contribution in [0.25, 0.3) is 0 Å². The second-order valence-electron chi connectivity index (χ2n) is 10.3. The van der Waals surface area contributed by atoms with E-state index in [1.165, 1.54) is 4.90 Å². The third-order valence-electron chi connectivity index (χ3n) is 6.96. The van der Waals surface area contributed by atoms with Crippen LogP contribution < -0.4 is 9.62 Å². The fourth-order valence-corrected chi connectivity index (χ4v) is 5.91. The third kappa shape index (κ3) is 7.73. The molecule has 0 fully saturated rings. The van der Waals surface area contributed by atoms with E-state index in [0.29, 0.717) is 5.69 Å². The number of hydrogen-bond donors (Lipinski definition) is 1. The molecule has 3 aromatic carbocycles. The number of carbonyl (C=O) groups is 2. The van der Waals surface area contributed by atoms with Gasteiger partial charge < -0.3 is 10.2 Å². The zero-order valence-electron chi connectivity index (χ0n) is 23.9. The van der Waals surface area contributed by atoms with Crippen LogP contribution in [0.15, 0.2) is 76.1 Å². The van der Waals surface area contributed by atoms with E-state index in [1.54, 1.807) is 37.3 Å². The Morgan fingerprint density at radius 2 is 1.50 bits per heavy atom. The van der Waals surface area contributed by atoms with Crippen LogP contribution in [-0.2, 0) is 26.2 Å². The van der Waals surface area contributed by atoms with Crippen molar-refractivity contribution in [1.82, 2.24) is 10.2 Å². The minimum absolute atomic E-state index is 0.0621. The Hall–Kier alpha value is -3.17. The number of aryl methyl sites for hydroxylation is 3. The predicted molar refractivity (Wildman–Crippen MR) is 164 cm³/mol. The van der Waals surface area contributed by atoms with Gasteiger partial charge in [-0.1, -0.05) is 64.8 Å². The number of benzene rings is 3. The molecule has 0 bridgehead atoms. The van der Waals surface area contributed by atoms with Crippen molar-refractivity contribution < 1.29 is 18.0 Å². The molecule has 0 saturated carbocycles. The summed E-state index contributed by atoms with van der Waals surface area (Å²) in [5.74, 6) is -0.772. The lowest BCUT2D eigenvalue weighted by molar-refractivity contribution is -0.139. The Bertz CT molecular complexity index is 1440. The quantitative estimate of drug-likeness (QED) is 0.287. The molecule has 2 amide bonds. The zero-order valence-corrected chi connectivity index (χ0v) is 26.3. The molecule has 0 saturated heterocycles. The Morgan fingerprint density at radius 1 is 0.900 bits per heavy atom. The Morgan fingerprint density at radius 3 is 2.10 bits per heavy atom. The summed E-state index contributed by atoms with van der Waals surface area (Å²) >= 11 is 3.43. The predicted octanol–water partition coefficient (Wildman–Crippen LogP) is 5.90. The lowest BCUT2D eigenvalue weighted by Crippen LogP contribution is -2.52. The van der Waals surface area contributed by atoms with Gasteiger partial charge in [0.2, 0.25) is 11.8 Å². The number of sulfonamides is 1. The van der Waals surface area contributed by atoms with E-state index in [4.69, 9.17) is 0 Å². The van der Waals surface area contributed by atoms with Crippen LogP contribution in [0, 0.1) is 20.8 Å². The number of rotatable bonds is 11. The molecule has 2 atom stereocenters. The lowest BCUT2D eigenvalue weighted by atomic mass is 10.1. The largest absolute Gasteiger partial charge is 0.352 e. The first-order chi connectivity index (χ1) is 18.8. The number of nitrogens with zero attached hydrogens (tertiary/aromatic N) is 2. The number of amides is 2. The Kier molecular flexibility index (Phi) is 10.6. The van der Waals surface area contributed by atoms with Crippen LogP contribution in [0.4, 0.5) is 5.69 Å². The van der Waals surface area contributed by atoms with E-state index in [1.807, 2.05) is 71.0 Å². The van der Waals surface area contributed by atoms with Crippen LogP contribution in [0.5, 0.6) is 0 Å². The van der Waals surface area contributed by atoms with Crippen molar-refractivity contribution in [2.75, 3.05) is 10.8 Å². The first-order valence-electron chi connectivity index (χ1n) is 13.3. The van der Waals surface area contributed by atoms with Crippen molar-refractivity contribution in [2.24, 2.45) is 0 Å². The molecule has 0 aliphatic heterocycles. The first kappa shape index (κ1) is 31.4. The van der Waals surface area contributed by atoms with Gasteiger partial charge in [-0.05, 0) is 88.1 Å². The van der Waals surface area contributed by atoms with Crippen molar-refractivity contribution in [3.8, 4) is 0 Å². The van der Waals surface area contributed by atoms with Gasteiger partial charge >= 0.3 is 0 Å². The van der Waals surface area contributed by atoms with E-state index in [-0.39, 0.29) is 23.4 Å². The lowest BCUT2D eigenvalue weighted by Gasteiger charge is -2.33. The summed E-state index contributed by atoms with van der Waals surface area (Å²) in [7, 11) is -4.11. The average Bonchev–Trinajstić information content (AvgIpc) is 2.92. The molecule has 0 unspecified atom stereocenters. The van der Waals surface area contributed by atoms with Crippen LogP contribution in [0.1, 0.15) is 49.4 Å². The van der Waals surface area contributed by atoms with E-state index < -0.39 is 28.5 Å². The molecule has 0 radical (unpaired) electrons. The average molecular weight is 629 g/mol. The molecule has 3 rings (SSSR count). The van der Waals surface area contributed by atoms with Gasteiger partial charge in [0.25, 0.3) is 10.0 Å². The minimum atomic E-state index is -4.11. The van der Waals surface area contributed by atoms with E-state index in [2.05, 4.69) is 21.2 Å². The van der Waals surface area contributed by atoms with Crippen molar-refractivity contribution >= 4 is 43.5 Å². The highest BCUT2D eigenvalue weighted by Gasteiger charge is 2.33. The second-order valence-corrected chi connectivity index (χ2v) is 13.0. The maximum Gasteiger partial charge on any atom is 0.264 e. The summed E-state index contributed by atoms with van der Waals surface area (Å²) in [6.45, 7) is 10.8. The fraction of sp³-hybridized carbons (Fsp3) is 0.355. The Labute approximate surface area is 246 Å². The highest BCUT2D eigenvalue weighted by Crippen LogP contribution is 2.29. The van der Waals surface area contributed by atoms with Gasteiger partial charge in [-0.25, -0.2) is 8.42 Å². The second kappa shape index (κ2) is 13.5. The van der Waals surface area contributed by atoms with Crippen molar-refractivity contribution in [1.29, 1.82) is 0 Å². The molecular weight excluding hydrogens is 590 g/mol. The molecule has 0 spiro atoms. The molecule has 40 heavy (non-hydrogen) atoms. The summed E-state index contributed by atoms with van der Waals surface area (Å²) in [6.07, 6.45) is 0.744. The van der Waals surface area contributed by atoms with Gasteiger partial charge in [0, 0.05) is 17.1 Å². The summed E-state index contributed by atoms with van der Waals surface area (Å²) < 4.78 is 30.1. The number of hydrogen-bond acceptors (Lipinski definition) is 4. The van der Waals surface area contributed by atoms with Gasteiger partial charge in [0.15, 0.2) is 0 Å². The molecule has 0 aromatic heterocycles. The molecule has 1 N–H and O–H groups in total. The summed E-state index contributed by atoms with van der Waals surface area (Å²) in [6, 6.07) is 18.7. The summed E-state index contributed by atoms with van der Waals surface area (Å²) in [5.41, 5.74) is 3.75. The van der Waals surface area contributed by atoms with Crippen LogP contribution in [-0.4, -0.2) is 43.8 Å². The van der Waals surface area contributed by atoms with Gasteiger partial charge in [-0.15, -0.1) is 0 Å². The zero-order chi connectivity index (χ0) is 29.6. The number of halogens is 1. The maximum absolute atomic E-state index is 14.1. The van der Waals surface area contributed by atoms with Crippen LogP contribution >= 0.6 is 15.9 Å². The number of carbonyl (C=O) groups excluding carboxylic acids is 2. The topological polar surface area (TPSA) is 86.8 Å². The van der Waals surface area contributed by atoms with Gasteiger partial charge in [-0.2, -0.15) is 0 Å². The number of anilines is 1. The normalized spacial score (nSPS) is 12.9. The highest BCUT2D eigenvalue weighted by atomic mass is 79.9. The molecule has 0 aliphatic carbocycles. The standard InChI is InChI=1S/C31H38BrN3O4S/c1-7-24(5)33-31(37)25(6)34(19-26-12-14-27(32)15-13-26)30(36)20-35(29-18-22(3)8-11-23(29)4)40(38,39)28-16-9-21(2)10-17-28/h8-18,24-25H,7,19-20H2,1-6H3,(H,33,37)/t24-,25-/m1/s1. The molecule has 0 heterocycles. The van der Waals surface area contributed by atoms with Crippen molar-refractivity contribution in [3.05, 3.63) is 93.5 Å². The smallest absolute Gasteiger partial charge is 0.264 e. The van der Waals surface area contributed by atoms with Gasteiger partial charge in [0.1, 0.15) is 12.6 Å². The highest BCUT2D eigenvalue weighted by molar-refractivity contribution is 9.10. The molecule has 214 valence electrons.